The van der Waals surface area contributed by atoms with Crippen LogP contribution in [-0.4, -0.2) is 33.7 Å². The van der Waals surface area contributed by atoms with Crippen LogP contribution in [0.4, 0.5) is 0 Å². The first-order chi connectivity index (χ1) is 19.0. The van der Waals surface area contributed by atoms with Crippen LogP contribution in [-0.2, 0) is 24.2 Å². The second-order valence-electron chi connectivity index (χ2n) is 10.1. The molecule has 2 heterocycles. The van der Waals surface area contributed by atoms with Gasteiger partial charge in [-0.15, -0.1) is 12.3 Å². The lowest BCUT2D eigenvalue weighted by Gasteiger charge is -2.22. The van der Waals surface area contributed by atoms with E-state index in [-0.39, 0.29) is 18.4 Å². The van der Waals surface area contributed by atoms with E-state index in [4.69, 9.17) is 19.6 Å². The predicted octanol–water partition coefficient (Wildman–Crippen LogP) is 7.31. The normalized spacial score (nSPS) is 15.3. The van der Waals surface area contributed by atoms with E-state index in [0.29, 0.717) is 6.61 Å². The molecule has 1 saturated heterocycles. The maximum Gasteiger partial charge on any atom is 0.303 e. The first kappa shape index (κ1) is 28.6. The maximum absolute atomic E-state index is 11.0. The van der Waals surface area contributed by atoms with Gasteiger partial charge in [0.05, 0.1) is 12.1 Å². The second kappa shape index (κ2) is 14.1. The van der Waals surface area contributed by atoms with Gasteiger partial charge in [0, 0.05) is 11.6 Å². The van der Waals surface area contributed by atoms with Crippen LogP contribution in [0.5, 0.6) is 11.6 Å². The van der Waals surface area contributed by atoms with Crippen molar-refractivity contribution in [2.45, 2.75) is 71.0 Å². The fraction of sp³-hybridized carbons (Fsp3) is 0.394. The average Bonchev–Trinajstić information content (AvgIpc) is 3.11. The number of benzene rings is 2. The van der Waals surface area contributed by atoms with E-state index in [2.05, 4.69) is 36.6 Å². The fourth-order valence-electron chi connectivity index (χ4n) is 5.01. The van der Waals surface area contributed by atoms with Gasteiger partial charge < -0.3 is 14.6 Å². The summed E-state index contributed by atoms with van der Waals surface area (Å²) in [5, 5.41) is 9.02. The number of nitrogens with zero attached hydrogens (tertiary/aromatic N) is 1. The molecule has 0 saturated carbocycles. The molecule has 0 radical (unpaired) electrons. The number of thioether (sulfide) groups is 1. The third kappa shape index (κ3) is 8.03. The van der Waals surface area contributed by atoms with E-state index in [1.54, 1.807) is 6.92 Å². The van der Waals surface area contributed by atoms with Gasteiger partial charge in [-0.2, -0.15) is 11.8 Å². The highest BCUT2D eigenvalue weighted by molar-refractivity contribution is 7.99. The number of carboxylic acid groups (broad SMARTS) is 1. The maximum atomic E-state index is 11.0. The number of carboxylic acids is 1. The van der Waals surface area contributed by atoms with E-state index < -0.39 is 5.97 Å². The van der Waals surface area contributed by atoms with Gasteiger partial charge >= 0.3 is 5.97 Å². The van der Waals surface area contributed by atoms with Crippen molar-refractivity contribution in [3.05, 3.63) is 77.0 Å². The Labute approximate surface area is 236 Å². The van der Waals surface area contributed by atoms with Gasteiger partial charge in [-0.3, -0.25) is 4.79 Å². The molecule has 1 N–H and O–H groups in total. The van der Waals surface area contributed by atoms with Crippen LogP contribution >= 0.6 is 11.8 Å². The molecule has 5 rings (SSSR count). The molecule has 1 atom stereocenters. The van der Waals surface area contributed by atoms with Crippen LogP contribution in [0.3, 0.4) is 0 Å². The number of rotatable bonds is 8. The summed E-state index contributed by atoms with van der Waals surface area (Å²) in [6.07, 6.45) is 10.3. The van der Waals surface area contributed by atoms with Crippen LogP contribution in [0.1, 0.15) is 67.8 Å². The number of hydrogen-bond donors (Lipinski definition) is 1. The van der Waals surface area contributed by atoms with Crippen molar-refractivity contribution >= 4 is 17.7 Å². The largest absolute Gasteiger partial charge is 0.489 e. The standard InChI is InChI=1S/C30H33NO4S.C3H4/c1-20(17-30(32)33)22-7-9-24(10-8-22)34-19-21-5-6-23-3-2-4-28-26(27(23)18-21)11-12-29(31-28)35-25-13-15-36-16-14-25;1-3-2/h5-12,18,20,25H,2-4,13-17,19H2,1H3,(H,32,33);1H,2H3. The van der Waals surface area contributed by atoms with Gasteiger partial charge in [0.2, 0.25) is 5.88 Å². The number of hydrogen-bond acceptors (Lipinski definition) is 5. The van der Waals surface area contributed by atoms with Crippen LogP contribution in [0, 0.1) is 12.3 Å². The Kier molecular flexibility index (Phi) is 10.3. The lowest BCUT2D eigenvalue weighted by molar-refractivity contribution is -0.137. The Balaban J connectivity index is 0.00000112. The van der Waals surface area contributed by atoms with Crippen LogP contribution in [0.2, 0.25) is 0 Å². The van der Waals surface area contributed by atoms with Gasteiger partial charge in [-0.05, 0) is 103 Å². The number of ether oxygens (including phenoxy) is 2. The zero-order chi connectivity index (χ0) is 27.6. The second-order valence-corrected chi connectivity index (χ2v) is 11.3. The molecule has 1 aliphatic heterocycles. The topological polar surface area (TPSA) is 68.7 Å². The zero-order valence-corrected chi connectivity index (χ0v) is 23.6. The van der Waals surface area contributed by atoms with Crippen molar-refractivity contribution < 1.29 is 19.4 Å². The molecule has 0 amide bonds. The summed E-state index contributed by atoms with van der Waals surface area (Å²) in [5.74, 6) is 5.32. The van der Waals surface area contributed by atoms with E-state index in [0.717, 1.165) is 60.6 Å². The smallest absolute Gasteiger partial charge is 0.303 e. The molecular weight excluding hydrogens is 506 g/mol. The molecule has 6 heteroatoms. The fourth-order valence-corrected chi connectivity index (χ4v) is 6.08. The summed E-state index contributed by atoms with van der Waals surface area (Å²) in [7, 11) is 0. The molecule has 1 aromatic heterocycles. The molecule has 1 unspecified atom stereocenters. The van der Waals surface area contributed by atoms with Crippen LogP contribution in [0.15, 0.2) is 54.6 Å². The summed E-state index contributed by atoms with van der Waals surface area (Å²) < 4.78 is 12.3. The number of aliphatic carboxylic acids is 1. The van der Waals surface area contributed by atoms with Gasteiger partial charge in [-0.25, -0.2) is 4.98 Å². The van der Waals surface area contributed by atoms with Crippen molar-refractivity contribution in [2.75, 3.05) is 11.5 Å². The number of terminal acetylenes is 1. The first-order valence-electron chi connectivity index (χ1n) is 13.6. The molecule has 2 aliphatic rings. The minimum absolute atomic E-state index is 0.0256. The quantitative estimate of drug-likeness (QED) is 0.301. The highest BCUT2D eigenvalue weighted by Crippen LogP contribution is 2.34. The lowest BCUT2D eigenvalue weighted by Crippen LogP contribution is -2.22. The summed E-state index contributed by atoms with van der Waals surface area (Å²) in [6.45, 7) is 4.05. The number of aromatic nitrogens is 1. The predicted molar refractivity (Wildman–Crippen MR) is 159 cm³/mol. The lowest BCUT2D eigenvalue weighted by atomic mass is 9.97. The Morgan fingerprint density at radius 1 is 1.10 bits per heavy atom. The molecule has 39 heavy (non-hydrogen) atoms. The van der Waals surface area contributed by atoms with E-state index in [9.17, 15) is 4.79 Å². The number of pyridine rings is 1. The number of carbonyl (C=O) groups is 1. The molecule has 3 aromatic rings. The van der Waals surface area contributed by atoms with Gasteiger partial charge in [0.15, 0.2) is 0 Å². The van der Waals surface area contributed by atoms with Gasteiger partial charge in [0.1, 0.15) is 18.5 Å². The van der Waals surface area contributed by atoms with Crippen molar-refractivity contribution in [1.29, 1.82) is 0 Å². The number of fused-ring (bicyclic) bond motifs is 3. The van der Waals surface area contributed by atoms with Crippen molar-refractivity contribution in [3.8, 4) is 35.1 Å². The van der Waals surface area contributed by atoms with E-state index in [1.807, 2.05) is 49.0 Å². The molecule has 1 fully saturated rings. The van der Waals surface area contributed by atoms with Crippen molar-refractivity contribution in [3.63, 3.8) is 0 Å². The highest BCUT2D eigenvalue weighted by Gasteiger charge is 2.20. The van der Waals surface area contributed by atoms with E-state index in [1.165, 1.54) is 28.2 Å². The zero-order valence-electron chi connectivity index (χ0n) is 22.8. The Morgan fingerprint density at radius 3 is 2.56 bits per heavy atom. The Morgan fingerprint density at radius 2 is 1.85 bits per heavy atom. The molecule has 1 aliphatic carbocycles. The molecule has 5 nitrogen and oxygen atoms in total. The van der Waals surface area contributed by atoms with E-state index >= 15 is 0 Å². The summed E-state index contributed by atoms with van der Waals surface area (Å²) in [6, 6.07) is 18.6. The van der Waals surface area contributed by atoms with Crippen molar-refractivity contribution in [1.82, 2.24) is 4.98 Å². The summed E-state index contributed by atoms with van der Waals surface area (Å²) in [4.78, 5) is 15.9. The first-order valence-corrected chi connectivity index (χ1v) is 14.8. The Hall–Kier alpha value is -3.43. The van der Waals surface area contributed by atoms with Gasteiger partial charge in [0.25, 0.3) is 0 Å². The Bertz CT molecular complexity index is 1290. The highest BCUT2D eigenvalue weighted by atomic mass is 32.2. The number of aryl methyl sites for hydroxylation is 2. The monoisotopic (exact) mass is 543 g/mol. The SMILES string of the molecule is C#CC.CC(CC(=O)O)c1ccc(OCc2ccc3c(c2)-c2ccc(OC4CCSCC4)nc2CCC3)cc1. The minimum atomic E-state index is -0.782. The summed E-state index contributed by atoms with van der Waals surface area (Å²) >= 11 is 2.00. The van der Waals surface area contributed by atoms with Crippen LogP contribution in [0.25, 0.3) is 11.1 Å². The average molecular weight is 544 g/mol. The van der Waals surface area contributed by atoms with Crippen LogP contribution < -0.4 is 9.47 Å². The molecule has 0 spiro atoms. The molecule has 0 bridgehead atoms. The summed E-state index contributed by atoms with van der Waals surface area (Å²) in [5.41, 5.74) is 7.05. The van der Waals surface area contributed by atoms with Gasteiger partial charge in [-0.1, -0.05) is 31.2 Å². The molecular formula is C33H37NO4S. The third-order valence-electron chi connectivity index (χ3n) is 7.06. The third-order valence-corrected chi connectivity index (χ3v) is 8.11. The van der Waals surface area contributed by atoms with Crippen molar-refractivity contribution in [2.24, 2.45) is 0 Å². The molecule has 2 aromatic carbocycles. The minimum Gasteiger partial charge on any atom is -0.489 e. The molecule has 204 valence electrons.